The summed E-state index contributed by atoms with van der Waals surface area (Å²) in [6.07, 6.45) is 7.00. The fraction of sp³-hybridized carbons (Fsp3) is 0.909. The van der Waals surface area contributed by atoms with Gasteiger partial charge in [-0.1, -0.05) is 26.2 Å². The number of unbranched alkanes of at least 4 members (excludes halogenated alkanes) is 1. The Bertz CT molecular complexity index is 165. The average molecular weight is 184 g/mol. The summed E-state index contributed by atoms with van der Waals surface area (Å²) in [7, 11) is 1.46. The highest BCUT2D eigenvalue weighted by molar-refractivity contribution is 5.69. The lowest BCUT2D eigenvalue weighted by molar-refractivity contribution is -0.140. The lowest BCUT2D eigenvalue weighted by atomic mass is 10.1. The number of carbonyl (C=O) groups excluding carboxylic acids is 1. The minimum Gasteiger partial charge on any atom is -0.469 e. The van der Waals surface area contributed by atoms with Crippen molar-refractivity contribution in [1.29, 1.82) is 0 Å². The Morgan fingerprint density at radius 2 is 2.08 bits per heavy atom. The normalized spacial score (nSPS) is 25.7. The molecule has 1 saturated carbocycles. The third-order valence-corrected chi connectivity index (χ3v) is 2.94. The first kappa shape index (κ1) is 10.6. The maximum atomic E-state index is 10.8. The highest BCUT2D eigenvalue weighted by Gasteiger charge is 2.35. The van der Waals surface area contributed by atoms with Gasteiger partial charge >= 0.3 is 5.97 Å². The van der Waals surface area contributed by atoms with Crippen molar-refractivity contribution in [3.63, 3.8) is 0 Å². The van der Waals surface area contributed by atoms with E-state index in [0.29, 0.717) is 6.42 Å². The van der Waals surface area contributed by atoms with Gasteiger partial charge in [-0.05, 0) is 24.7 Å². The maximum Gasteiger partial charge on any atom is 0.305 e. The molecule has 0 aromatic heterocycles. The first-order chi connectivity index (χ1) is 6.27. The van der Waals surface area contributed by atoms with Crippen LogP contribution >= 0.6 is 0 Å². The second-order valence-corrected chi connectivity index (χ2v) is 4.01. The van der Waals surface area contributed by atoms with Crippen LogP contribution in [0.5, 0.6) is 0 Å². The third kappa shape index (κ3) is 3.79. The summed E-state index contributed by atoms with van der Waals surface area (Å²) in [5, 5.41) is 0. The molecule has 1 aliphatic carbocycles. The molecule has 2 atom stereocenters. The van der Waals surface area contributed by atoms with Gasteiger partial charge in [0.25, 0.3) is 0 Å². The maximum absolute atomic E-state index is 10.8. The van der Waals surface area contributed by atoms with Gasteiger partial charge < -0.3 is 4.74 Å². The summed E-state index contributed by atoms with van der Waals surface area (Å²) >= 11 is 0. The van der Waals surface area contributed by atoms with E-state index < -0.39 is 0 Å². The molecule has 0 N–H and O–H groups in total. The number of hydrogen-bond acceptors (Lipinski definition) is 2. The first-order valence-corrected chi connectivity index (χ1v) is 5.34. The Kier molecular flexibility index (Phi) is 4.26. The molecule has 0 aromatic carbocycles. The van der Waals surface area contributed by atoms with Crippen molar-refractivity contribution < 1.29 is 9.53 Å². The summed E-state index contributed by atoms with van der Waals surface area (Å²) in [5.74, 6) is 1.69. The second-order valence-electron chi connectivity index (χ2n) is 4.01. The molecule has 2 heteroatoms. The molecule has 2 nitrogen and oxygen atoms in total. The monoisotopic (exact) mass is 184 g/mol. The van der Waals surface area contributed by atoms with Gasteiger partial charge in [-0.3, -0.25) is 4.79 Å². The zero-order chi connectivity index (χ0) is 9.68. The molecule has 0 amide bonds. The van der Waals surface area contributed by atoms with Gasteiger partial charge in [-0.2, -0.15) is 0 Å². The van der Waals surface area contributed by atoms with Crippen molar-refractivity contribution in [2.45, 2.75) is 45.4 Å². The second kappa shape index (κ2) is 5.25. The van der Waals surface area contributed by atoms with E-state index in [2.05, 4.69) is 11.7 Å². The topological polar surface area (TPSA) is 26.3 Å². The predicted octanol–water partition coefficient (Wildman–Crippen LogP) is 2.77. The van der Waals surface area contributed by atoms with Crippen LogP contribution in [0, 0.1) is 11.8 Å². The van der Waals surface area contributed by atoms with Gasteiger partial charge in [0.1, 0.15) is 0 Å². The van der Waals surface area contributed by atoms with Crippen LogP contribution in [0.2, 0.25) is 0 Å². The molecule has 0 radical (unpaired) electrons. The van der Waals surface area contributed by atoms with Crippen molar-refractivity contribution in [1.82, 2.24) is 0 Å². The van der Waals surface area contributed by atoms with Gasteiger partial charge in [-0.15, -0.1) is 0 Å². The molecule has 0 heterocycles. The van der Waals surface area contributed by atoms with E-state index in [9.17, 15) is 4.79 Å². The average Bonchev–Trinajstić information content (AvgIpc) is 2.89. The fourth-order valence-corrected chi connectivity index (χ4v) is 1.89. The van der Waals surface area contributed by atoms with Gasteiger partial charge in [-0.25, -0.2) is 0 Å². The molecule has 1 rings (SSSR count). The SMILES string of the molecule is CCCC[C@@H]1C[C@H]1CCC(=O)OC. The fourth-order valence-electron chi connectivity index (χ4n) is 1.89. The number of hydrogen-bond donors (Lipinski definition) is 0. The number of ether oxygens (including phenoxy) is 1. The quantitative estimate of drug-likeness (QED) is 0.593. The highest BCUT2D eigenvalue weighted by Crippen LogP contribution is 2.45. The molecular weight excluding hydrogens is 164 g/mol. The predicted molar refractivity (Wildman–Crippen MR) is 52.4 cm³/mol. The Labute approximate surface area is 80.7 Å². The van der Waals surface area contributed by atoms with E-state index >= 15 is 0 Å². The first-order valence-electron chi connectivity index (χ1n) is 5.34. The van der Waals surface area contributed by atoms with Gasteiger partial charge in [0.05, 0.1) is 7.11 Å². The molecule has 0 saturated heterocycles. The minimum absolute atomic E-state index is 0.0545. The van der Waals surface area contributed by atoms with Crippen LogP contribution in [-0.4, -0.2) is 13.1 Å². The van der Waals surface area contributed by atoms with Crippen LogP contribution in [0.25, 0.3) is 0 Å². The van der Waals surface area contributed by atoms with Crippen molar-refractivity contribution in [2.24, 2.45) is 11.8 Å². The van der Waals surface area contributed by atoms with Gasteiger partial charge in [0.2, 0.25) is 0 Å². The number of esters is 1. The Morgan fingerprint density at radius 3 is 2.69 bits per heavy atom. The lowest BCUT2D eigenvalue weighted by Crippen LogP contribution is -2.00. The number of methoxy groups -OCH3 is 1. The van der Waals surface area contributed by atoms with E-state index in [-0.39, 0.29) is 5.97 Å². The van der Waals surface area contributed by atoms with E-state index in [4.69, 9.17) is 0 Å². The molecule has 0 bridgehead atoms. The van der Waals surface area contributed by atoms with E-state index in [1.165, 1.54) is 32.8 Å². The van der Waals surface area contributed by atoms with Crippen LogP contribution in [0.1, 0.15) is 45.4 Å². The van der Waals surface area contributed by atoms with Crippen LogP contribution in [-0.2, 0) is 9.53 Å². The van der Waals surface area contributed by atoms with Crippen LogP contribution in [0.4, 0.5) is 0 Å². The van der Waals surface area contributed by atoms with Crippen LogP contribution < -0.4 is 0 Å². The molecule has 1 fully saturated rings. The zero-order valence-electron chi connectivity index (χ0n) is 8.71. The molecule has 1 aliphatic rings. The third-order valence-electron chi connectivity index (χ3n) is 2.94. The van der Waals surface area contributed by atoms with Crippen molar-refractivity contribution in [3.8, 4) is 0 Å². The molecule has 76 valence electrons. The van der Waals surface area contributed by atoms with E-state index in [1.54, 1.807) is 0 Å². The zero-order valence-corrected chi connectivity index (χ0v) is 8.71. The largest absolute Gasteiger partial charge is 0.469 e. The van der Waals surface area contributed by atoms with E-state index in [1.807, 2.05) is 0 Å². The number of carbonyl (C=O) groups is 1. The molecule has 13 heavy (non-hydrogen) atoms. The molecule has 0 aliphatic heterocycles. The van der Waals surface area contributed by atoms with Crippen molar-refractivity contribution in [2.75, 3.05) is 7.11 Å². The molecule has 0 unspecified atom stereocenters. The minimum atomic E-state index is -0.0545. The molecule has 0 spiro atoms. The summed E-state index contributed by atoms with van der Waals surface area (Å²) in [5.41, 5.74) is 0. The number of rotatable bonds is 6. The Morgan fingerprint density at radius 1 is 1.38 bits per heavy atom. The molecular formula is C11H20O2. The lowest BCUT2D eigenvalue weighted by Gasteiger charge is -1.98. The summed E-state index contributed by atoms with van der Waals surface area (Å²) in [6.45, 7) is 2.23. The molecule has 0 aromatic rings. The summed E-state index contributed by atoms with van der Waals surface area (Å²) in [4.78, 5) is 10.8. The smallest absolute Gasteiger partial charge is 0.305 e. The standard InChI is InChI=1S/C11H20O2/c1-3-4-5-9-8-10(9)6-7-11(12)13-2/h9-10H,3-8H2,1-2H3/t9-,10-/m1/s1. The van der Waals surface area contributed by atoms with Crippen molar-refractivity contribution >= 4 is 5.97 Å². The van der Waals surface area contributed by atoms with Crippen molar-refractivity contribution in [3.05, 3.63) is 0 Å². The highest BCUT2D eigenvalue weighted by atomic mass is 16.5. The van der Waals surface area contributed by atoms with E-state index in [0.717, 1.165) is 18.3 Å². The summed E-state index contributed by atoms with van der Waals surface area (Å²) < 4.78 is 4.61. The van der Waals surface area contributed by atoms with Crippen LogP contribution in [0.15, 0.2) is 0 Å². The Hall–Kier alpha value is -0.530. The van der Waals surface area contributed by atoms with Crippen LogP contribution in [0.3, 0.4) is 0 Å². The summed E-state index contributed by atoms with van der Waals surface area (Å²) in [6, 6.07) is 0. The van der Waals surface area contributed by atoms with Gasteiger partial charge in [0.15, 0.2) is 0 Å². The Balaban J connectivity index is 1.97. The van der Waals surface area contributed by atoms with Gasteiger partial charge in [0, 0.05) is 6.42 Å².